The number of rotatable bonds is 9. The summed E-state index contributed by atoms with van der Waals surface area (Å²) < 4.78 is 0. The molecule has 7 heteroatoms. The molecular weight excluding hydrogens is 392 g/mol. The molecule has 7 nitrogen and oxygen atoms in total. The summed E-state index contributed by atoms with van der Waals surface area (Å²) in [6.45, 7) is 8.63. The minimum atomic E-state index is -1.17. The number of nitrogens with zero attached hydrogens (tertiary/aromatic N) is 2. The average Bonchev–Trinajstić information content (AvgIpc) is 3.01. The molecule has 1 fully saturated rings. The second-order valence-corrected chi connectivity index (χ2v) is 7.82. The van der Waals surface area contributed by atoms with E-state index in [4.69, 9.17) is 0 Å². The van der Waals surface area contributed by atoms with Crippen molar-refractivity contribution in [3.8, 4) is 0 Å². The van der Waals surface area contributed by atoms with Gasteiger partial charge in [0.05, 0.1) is 0 Å². The van der Waals surface area contributed by atoms with Crippen LogP contribution in [0.25, 0.3) is 0 Å². The van der Waals surface area contributed by atoms with Crippen LogP contribution in [0.15, 0.2) is 54.6 Å². The Morgan fingerprint density at radius 1 is 1.00 bits per heavy atom. The van der Waals surface area contributed by atoms with Gasteiger partial charge in [-0.25, -0.2) is 4.79 Å². The largest absolute Gasteiger partial charge is 0.350 e. The first-order chi connectivity index (χ1) is 14.9. The molecule has 164 valence electrons. The maximum Gasteiger partial charge on any atom is 0.325 e. The van der Waals surface area contributed by atoms with Gasteiger partial charge in [-0.15, -0.1) is 0 Å². The van der Waals surface area contributed by atoms with Crippen molar-refractivity contribution in [3.05, 3.63) is 71.3 Å². The van der Waals surface area contributed by atoms with Crippen LogP contribution in [0.4, 0.5) is 4.79 Å². The van der Waals surface area contributed by atoms with E-state index >= 15 is 0 Å². The lowest BCUT2D eigenvalue weighted by Crippen LogP contribution is -2.43. The van der Waals surface area contributed by atoms with Gasteiger partial charge in [-0.3, -0.25) is 19.4 Å². The molecule has 2 aromatic carbocycles. The Morgan fingerprint density at radius 3 is 2.26 bits per heavy atom. The maximum atomic E-state index is 12.9. The Labute approximate surface area is 183 Å². The monoisotopic (exact) mass is 422 g/mol. The van der Waals surface area contributed by atoms with Crippen LogP contribution in [-0.4, -0.2) is 47.3 Å². The molecule has 1 atom stereocenters. The van der Waals surface area contributed by atoms with Crippen LogP contribution in [0, 0.1) is 0 Å². The van der Waals surface area contributed by atoms with Gasteiger partial charge in [0.2, 0.25) is 5.91 Å². The van der Waals surface area contributed by atoms with Gasteiger partial charge in [0.1, 0.15) is 12.1 Å². The zero-order chi connectivity index (χ0) is 22.4. The molecule has 1 aliphatic heterocycles. The van der Waals surface area contributed by atoms with E-state index in [1.807, 2.05) is 36.4 Å². The summed E-state index contributed by atoms with van der Waals surface area (Å²) in [4.78, 5) is 41.2. The summed E-state index contributed by atoms with van der Waals surface area (Å²) in [5.74, 6) is -0.806. The molecule has 0 aliphatic carbocycles. The standard InChI is InChI=1S/C24H30N4O3/c1-4-27(5-2)16-19-12-10-9-11-18(19)15-25-21(29)17-28-22(30)24(3,26-23(28)31)20-13-7-6-8-14-20/h6-14H,4-5,15-17H2,1-3H3,(H,25,29)(H,26,31)/t24-/m1/s1. The highest BCUT2D eigenvalue weighted by atomic mass is 16.2. The molecule has 3 rings (SSSR count). The second-order valence-electron chi connectivity index (χ2n) is 7.82. The van der Waals surface area contributed by atoms with Crippen molar-refractivity contribution >= 4 is 17.8 Å². The van der Waals surface area contributed by atoms with E-state index < -0.39 is 17.5 Å². The van der Waals surface area contributed by atoms with E-state index in [9.17, 15) is 14.4 Å². The number of benzene rings is 2. The van der Waals surface area contributed by atoms with E-state index in [1.54, 1.807) is 19.1 Å². The molecule has 0 radical (unpaired) electrons. The summed E-state index contributed by atoms with van der Waals surface area (Å²) in [6, 6.07) is 16.4. The third-order valence-corrected chi connectivity index (χ3v) is 5.81. The molecule has 1 aliphatic rings. The first kappa shape index (κ1) is 22.5. The quantitative estimate of drug-likeness (QED) is 0.609. The van der Waals surface area contributed by atoms with Crippen LogP contribution in [0.1, 0.15) is 37.5 Å². The minimum Gasteiger partial charge on any atom is -0.350 e. The maximum absolute atomic E-state index is 12.9. The summed E-state index contributed by atoms with van der Waals surface area (Å²) in [5, 5.41) is 5.57. The van der Waals surface area contributed by atoms with Gasteiger partial charge >= 0.3 is 6.03 Å². The molecule has 0 aromatic heterocycles. The lowest BCUT2D eigenvalue weighted by molar-refractivity contribution is -0.134. The smallest absolute Gasteiger partial charge is 0.325 e. The highest BCUT2D eigenvalue weighted by molar-refractivity contribution is 6.09. The van der Waals surface area contributed by atoms with Gasteiger partial charge in [0, 0.05) is 13.1 Å². The first-order valence-corrected chi connectivity index (χ1v) is 10.6. The number of urea groups is 1. The van der Waals surface area contributed by atoms with Gasteiger partial charge in [0.15, 0.2) is 0 Å². The Bertz CT molecular complexity index is 943. The third kappa shape index (κ3) is 4.94. The fourth-order valence-electron chi connectivity index (χ4n) is 3.77. The SMILES string of the molecule is CCN(CC)Cc1ccccc1CNC(=O)CN1C(=O)N[C@](C)(c2ccccc2)C1=O. The third-order valence-electron chi connectivity index (χ3n) is 5.81. The van der Waals surface area contributed by atoms with Crippen molar-refractivity contribution in [2.24, 2.45) is 0 Å². The lowest BCUT2D eigenvalue weighted by Gasteiger charge is -2.22. The molecule has 0 bridgehead atoms. The molecule has 2 aromatic rings. The van der Waals surface area contributed by atoms with Gasteiger partial charge in [-0.1, -0.05) is 68.4 Å². The normalized spacial score (nSPS) is 18.4. The van der Waals surface area contributed by atoms with Crippen LogP contribution in [0.3, 0.4) is 0 Å². The van der Waals surface area contributed by atoms with Crippen molar-refractivity contribution in [2.75, 3.05) is 19.6 Å². The Morgan fingerprint density at radius 2 is 1.61 bits per heavy atom. The predicted molar refractivity (Wildman–Crippen MR) is 119 cm³/mol. The number of carbonyl (C=O) groups is 3. The Hall–Kier alpha value is -3.19. The van der Waals surface area contributed by atoms with Crippen molar-refractivity contribution in [1.29, 1.82) is 0 Å². The molecule has 0 unspecified atom stereocenters. The van der Waals surface area contributed by atoms with Crippen molar-refractivity contribution in [2.45, 2.75) is 39.4 Å². The highest BCUT2D eigenvalue weighted by Crippen LogP contribution is 2.28. The number of nitrogens with one attached hydrogen (secondary N) is 2. The minimum absolute atomic E-state index is 0.314. The van der Waals surface area contributed by atoms with Crippen LogP contribution in [-0.2, 0) is 28.2 Å². The van der Waals surface area contributed by atoms with Crippen LogP contribution in [0.2, 0.25) is 0 Å². The molecule has 2 N–H and O–H groups in total. The van der Waals surface area contributed by atoms with Gasteiger partial charge in [-0.05, 0) is 36.7 Å². The number of amides is 4. The number of hydrogen-bond acceptors (Lipinski definition) is 4. The van der Waals surface area contributed by atoms with Crippen molar-refractivity contribution < 1.29 is 14.4 Å². The van der Waals surface area contributed by atoms with Gasteiger partial charge in [-0.2, -0.15) is 0 Å². The number of carbonyl (C=O) groups excluding carboxylic acids is 3. The van der Waals surface area contributed by atoms with Crippen molar-refractivity contribution in [1.82, 2.24) is 20.4 Å². The van der Waals surface area contributed by atoms with Gasteiger partial charge < -0.3 is 10.6 Å². The van der Waals surface area contributed by atoms with Gasteiger partial charge in [0.25, 0.3) is 5.91 Å². The Balaban J connectivity index is 1.63. The lowest BCUT2D eigenvalue weighted by atomic mass is 9.92. The molecule has 0 saturated carbocycles. The van der Waals surface area contributed by atoms with E-state index in [1.165, 1.54) is 0 Å². The Kier molecular flexibility index (Phi) is 7.07. The average molecular weight is 423 g/mol. The fourth-order valence-corrected chi connectivity index (χ4v) is 3.77. The molecular formula is C24H30N4O3. The highest BCUT2D eigenvalue weighted by Gasteiger charge is 2.49. The zero-order valence-electron chi connectivity index (χ0n) is 18.4. The molecule has 1 saturated heterocycles. The van der Waals surface area contributed by atoms with Crippen LogP contribution in [0.5, 0.6) is 0 Å². The summed E-state index contributed by atoms with van der Waals surface area (Å²) in [7, 11) is 0. The molecule has 1 heterocycles. The summed E-state index contributed by atoms with van der Waals surface area (Å²) in [6.07, 6.45) is 0. The van der Waals surface area contributed by atoms with E-state index in [2.05, 4.69) is 35.4 Å². The summed E-state index contributed by atoms with van der Waals surface area (Å²) >= 11 is 0. The van der Waals surface area contributed by atoms with Crippen molar-refractivity contribution in [3.63, 3.8) is 0 Å². The summed E-state index contributed by atoms with van der Waals surface area (Å²) in [5.41, 5.74) is 1.68. The van der Waals surface area contributed by atoms with E-state index in [0.29, 0.717) is 12.1 Å². The van der Waals surface area contributed by atoms with E-state index in [0.717, 1.165) is 35.7 Å². The molecule has 4 amide bonds. The number of imide groups is 1. The van der Waals surface area contributed by atoms with E-state index in [-0.39, 0.29) is 12.5 Å². The predicted octanol–water partition coefficient (Wildman–Crippen LogP) is 2.61. The van der Waals surface area contributed by atoms with Crippen LogP contribution < -0.4 is 10.6 Å². The van der Waals surface area contributed by atoms with Crippen LogP contribution >= 0.6 is 0 Å². The topological polar surface area (TPSA) is 81.8 Å². The fraction of sp³-hybridized carbons (Fsp3) is 0.375. The first-order valence-electron chi connectivity index (χ1n) is 10.6. The molecule has 0 spiro atoms. The second kappa shape index (κ2) is 9.75. The molecule has 31 heavy (non-hydrogen) atoms. The number of hydrogen-bond donors (Lipinski definition) is 2. The zero-order valence-corrected chi connectivity index (χ0v) is 18.4.